The minimum Gasteiger partial charge on any atom is -0.371 e. The highest BCUT2D eigenvalue weighted by molar-refractivity contribution is 4.94. The first-order chi connectivity index (χ1) is 3.34. The molecule has 40 valence electrons. The molecular weight excluding hydrogens is 90.1 g/mol. The molecule has 0 aromatic rings. The van der Waals surface area contributed by atoms with Gasteiger partial charge >= 0.3 is 0 Å². The minimum atomic E-state index is 0.0556. The number of hydrogen-bond acceptors (Lipinski definition) is 2. The summed E-state index contributed by atoms with van der Waals surface area (Å²) in [6.45, 7) is 4.33. The van der Waals surface area contributed by atoms with Gasteiger partial charge in [0.1, 0.15) is 0 Å². The lowest BCUT2D eigenvalue weighted by atomic mass is 10.2. The summed E-state index contributed by atoms with van der Waals surface area (Å²) in [5.41, 5.74) is 5.44. The van der Waals surface area contributed by atoms with Gasteiger partial charge in [-0.2, -0.15) is 0 Å². The molecular formula is C5H9NO. The van der Waals surface area contributed by atoms with Crippen LogP contribution in [0, 0.1) is 0 Å². The molecule has 2 atom stereocenters. The van der Waals surface area contributed by atoms with Crippen molar-refractivity contribution in [3.05, 3.63) is 12.7 Å². The largest absolute Gasteiger partial charge is 0.371 e. The van der Waals surface area contributed by atoms with Gasteiger partial charge in [0, 0.05) is 0 Å². The Balaban J connectivity index is 2.22. The zero-order valence-corrected chi connectivity index (χ0v) is 4.13. The van der Waals surface area contributed by atoms with Crippen molar-refractivity contribution >= 4 is 0 Å². The Morgan fingerprint density at radius 1 is 2.00 bits per heavy atom. The predicted octanol–water partition coefficient (Wildman–Crippen LogP) is -0.102. The van der Waals surface area contributed by atoms with Crippen molar-refractivity contribution in [2.75, 3.05) is 6.61 Å². The van der Waals surface area contributed by atoms with Crippen molar-refractivity contribution in [1.82, 2.24) is 0 Å². The van der Waals surface area contributed by atoms with E-state index >= 15 is 0 Å². The average Bonchev–Trinajstić information content (AvgIpc) is 2.44. The van der Waals surface area contributed by atoms with Crippen LogP contribution >= 0.6 is 0 Å². The smallest absolute Gasteiger partial charge is 0.0995 e. The molecule has 0 aliphatic carbocycles. The SMILES string of the molecule is C=C[C@H](N)[C@H]1CO1. The van der Waals surface area contributed by atoms with Gasteiger partial charge < -0.3 is 10.5 Å². The number of epoxide rings is 1. The van der Waals surface area contributed by atoms with Gasteiger partial charge in [-0.05, 0) is 0 Å². The third-order valence-corrected chi connectivity index (χ3v) is 1.06. The Labute approximate surface area is 43.0 Å². The van der Waals surface area contributed by atoms with Crippen molar-refractivity contribution < 1.29 is 4.74 Å². The summed E-state index contributed by atoms with van der Waals surface area (Å²) in [5.74, 6) is 0. The van der Waals surface area contributed by atoms with E-state index in [1.165, 1.54) is 0 Å². The van der Waals surface area contributed by atoms with Gasteiger partial charge in [0.15, 0.2) is 0 Å². The van der Waals surface area contributed by atoms with E-state index in [2.05, 4.69) is 6.58 Å². The highest BCUT2D eigenvalue weighted by Crippen LogP contribution is 2.11. The van der Waals surface area contributed by atoms with E-state index in [0.717, 1.165) is 6.61 Å². The molecule has 0 aromatic heterocycles. The van der Waals surface area contributed by atoms with E-state index < -0.39 is 0 Å². The van der Waals surface area contributed by atoms with Crippen LogP contribution in [0.5, 0.6) is 0 Å². The highest BCUT2D eigenvalue weighted by atomic mass is 16.6. The lowest BCUT2D eigenvalue weighted by molar-refractivity contribution is 0.392. The molecule has 1 aliphatic rings. The molecule has 0 amide bonds. The van der Waals surface area contributed by atoms with E-state index in [1.807, 2.05) is 0 Å². The lowest BCUT2D eigenvalue weighted by Crippen LogP contribution is -2.22. The molecule has 0 spiro atoms. The molecule has 0 aromatic carbocycles. The van der Waals surface area contributed by atoms with Gasteiger partial charge in [-0.1, -0.05) is 6.08 Å². The summed E-state index contributed by atoms with van der Waals surface area (Å²) >= 11 is 0. The maximum absolute atomic E-state index is 5.44. The molecule has 2 heteroatoms. The fraction of sp³-hybridized carbons (Fsp3) is 0.600. The number of ether oxygens (including phenoxy) is 1. The second kappa shape index (κ2) is 1.64. The maximum Gasteiger partial charge on any atom is 0.0995 e. The van der Waals surface area contributed by atoms with E-state index in [-0.39, 0.29) is 12.1 Å². The van der Waals surface area contributed by atoms with Crippen molar-refractivity contribution in [2.24, 2.45) is 5.73 Å². The summed E-state index contributed by atoms with van der Waals surface area (Å²) in [6.07, 6.45) is 1.98. The normalized spacial score (nSPS) is 31.9. The van der Waals surface area contributed by atoms with Crippen LogP contribution in [0.3, 0.4) is 0 Å². The lowest BCUT2D eigenvalue weighted by Gasteiger charge is -1.95. The summed E-state index contributed by atoms with van der Waals surface area (Å²) in [7, 11) is 0. The fourth-order valence-electron chi connectivity index (χ4n) is 0.430. The Hall–Kier alpha value is -0.340. The van der Waals surface area contributed by atoms with Gasteiger partial charge in [-0.3, -0.25) is 0 Å². The first-order valence-corrected chi connectivity index (χ1v) is 2.34. The summed E-state index contributed by atoms with van der Waals surface area (Å²) in [4.78, 5) is 0. The van der Waals surface area contributed by atoms with Crippen LogP contribution in [0.4, 0.5) is 0 Å². The molecule has 2 N–H and O–H groups in total. The maximum atomic E-state index is 5.44. The molecule has 7 heavy (non-hydrogen) atoms. The van der Waals surface area contributed by atoms with Gasteiger partial charge in [-0.15, -0.1) is 6.58 Å². The molecule has 0 bridgehead atoms. The third-order valence-electron chi connectivity index (χ3n) is 1.06. The first-order valence-electron chi connectivity index (χ1n) is 2.34. The molecule has 2 nitrogen and oxygen atoms in total. The van der Waals surface area contributed by atoms with Gasteiger partial charge in [-0.25, -0.2) is 0 Å². The first kappa shape index (κ1) is 4.81. The highest BCUT2D eigenvalue weighted by Gasteiger charge is 2.27. The van der Waals surface area contributed by atoms with Crippen molar-refractivity contribution in [3.8, 4) is 0 Å². The van der Waals surface area contributed by atoms with E-state index in [9.17, 15) is 0 Å². The van der Waals surface area contributed by atoms with Gasteiger partial charge in [0.05, 0.1) is 18.8 Å². The average molecular weight is 99.1 g/mol. The van der Waals surface area contributed by atoms with Crippen LogP contribution in [0.2, 0.25) is 0 Å². The summed E-state index contributed by atoms with van der Waals surface area (Å²) in [6, 6.07) is 0.0556. The van der Waals surface area contributed by atoms with E-state index in [4.69, 9.17) is 10.5 Å². The van der Waals surface area contributed by atoms with Crippen LogP contribution in [-0.4, -0.2) is 18.8 Å². The standard InChI is InChI=1S/C5H9NO/c1-2-4(6)5-3-7-5/h2,4-5H,1,3,6H2/t4-,5+/m0/s1. The molecule has 0 radical (unpaired) electrons. The topological polar surface area (TPSA) is 38.5 Å². The molecule has 1 fully saturated rings. The molecule has 1 aliphatic heterocycles. The second-order valence-electron chi connectivity index (χ2n) is 1.68. The summed E-state index contributed by atoms with van der Waals surface area (Å²) < 4.78 is 4.86. The molecule has 1 rings (SSSR count). The van der Waals surface area contributed by atoms with Crippen molar-refractivity contribution in [1.29, 1.82) is 0 Å². The van der Waals surface area contributed by atoms with E-state index in [0.29, 0.717) is 0 Å². The summed E-state index contributed by atoms with van der Waals surface area (Å²) in [5, 5.41) is 0. The van der Waals surface area contributed by atoms with Crippen LogP contribution in [-0.2, 0) is 4.74 Å². The quantitative estimate of drug-likeness (QED) is 0.388. The van der Waals surface area contributed by atoms with Crippen molar-refractivity contribution in [3.63, 3.8) is 0 Å². The second-order valence-corrected chi connectivity index (χ2v) is 1.68. The molecule has 1 heterocycles. The Bertz CT molecular complexity index is 78.1. The number of hydrogen-bond donors (Lipinski definition) is 1. The Morgan fingerprint density at radius 3 is 2.71 bits per heavy atom. The monoisotopic (exact) mass is 99.1 g/mol. The Kier molecular flexibility index (Phi) is 1.13. The molecule has 0 saturated carbocycles. The third kappa shape index (κ3) is 1.01. The zero-order valence-electron chi connectivity index (χ0n) is 4.13. The van der Waals surface area contributed by atoms with E-state index in [1.54, 1.807) is 6.08 Å². The molecule has 1 saturated heterocycles. The van der Waals surface area contributed by atoms with Gasteiger partial charge in [0.25, 0.3) is 0 Å². The van der Waals surface area contributed by atoms with Crippen LogP contribution in [0.1, 0.15) is 0 Å². The molecule has 0 unspecified atom stereocenters. The number of rotatable bonds is 2. The predicted molar refractivity (Wildman–Crippen MR) is 27.9 cm³/mol. The van der Waals surface area contributed by atoms with Crippen molar-refractivity contribution in [2.45, 2.75) is 12.1 Å². The zero-order chi connectivity index (χ0) is 5.28. The Morgan fingerprint density at radius 2 is 2.57 bits per heavy atom. The van der Waals surface area contributed by atoms with Crippen LogP contribution in [0.15, 0.2) is 12.7 Å². The minimum absolute atomic E-state index is 0.0556. The van der Waals surface area contributed by atoms with Crippen LogP contribution < -0.4 is 5.73 Å². The van der Waals surface area contributed by atoms with Crippen LogP contribution in [0.25, 0.3) is 0 Å². The van der Waals surface area contributed by atoms with Gasteiger partial charge in [0.2, 0.25) is 0 Å². The number of nitrogens with two attached hydrogens (primary N) is 1. The fourth-order valence-corrected chi connectivity index (χ4v) is 0.430.